The average molecular weight is 237 g/mol. The molecule has 0 spiro atoms. The van der Waals surface area contributed by atoms with Gasteiger partial charge < -0.3 is 20.6 Å². The van der Waals surface area contributed by atoms with Crippen molar-refractivity contribution in [2.45, 2.75) is 6.54 Å². The lowest BCUT2D eigenvalue weighted by molar-refractivity contribution is 0.194. The maximum atomic E-state index is 11.3. The molecule has 0 aliphatic rings. The molecule has 0 saturated carbocycles. The molecule has 0 fully saturated rings. The largest absolute Gasteiger partial charge is 0.465 e. The smallest absolute Gasteiger partial charge is 0.404 e. The van der Waals surface area contributed by atoms with Gasteiger partial charge in [-0.1, -0.05) is 12.1 Å². The highest BCUT2D eigenvalue weighted by Gasteiger charge is 2.03. The van der Waals surface area contributed by atoms with Gasteiger partial charge in [0.05, 0.1) is 0 Å². The van der Waals surface area contributed by atoms with Crippen molar-refractivity contribution >= 4 is 17.8 Å². The molecule has 0 aromatic heterocycles. The molecule has 1 rings (SSSR count). The second-order valence-electron chi connectivity index (χ2n) is 3.68. The Bertz CT molecular complexity index is 401. The number of hydrogen-bond acceptors (Lipinski definition) is 2. The molecule has 0 unspecified atom stereocenters. The van der Waals surface area contributed by atoms with Crippen LogP contribution in [0.3, 0.4) is 0 Å². The van der Waals surface area contributed by atoms with Gasteiger partial charge in [-0.2, -0.15) is 0 Å². The molecule has 0 atom stereocenters. The van der Waals surface area contributed by atoms with Crippen molar-refractivity contribution in [2.75, 3.05) is 19.4 Å². The summed E-state index contributed by atoms with van der Waals surface area (Å²) < 4.78 is 0. The Balaban J connectivity index is 2.56. The summed E-state index contributed by atoms with van der Waals surface area (Å²) in [4.78, 5) is 23.1. The third kappa shape index (κ3) is 4.42. The molecule has 0 aliphatic carbocycles. The molecule has 0 radical (unpaired) electrons. The van der Waals surface area contributed by atoms with Gasteiger partial charge in [0.2, 0.25) is 0 Å². The third-order valence-corrected chi connectivity index (χ3v) is 2.06. The number of hydrogen-bond donors (Lipinski definition) is 3. The van der Waals surface area contributed by atoms with E-state index in [1.165, 1.54) is 4.90 Å². The van der Waals surface area contributed by atoms with Crippen LogP contribution in [0.1, 0.15) is 5.56 Å². The van der Waals surface area contributed by atoms with Crippen molar-refractivity contribution in [3.05, 3.63) is 29.8 Å². The number of nitrogens with one attached hydrogen (secondary N) is 2. The standard InChI is InChI=1S/C11H15N3O3/c1-14(2)10(15)13-9-5-3-8(4-6-9)7-12-11(16)17/h3-6,12H,7H2,1-2H3,(H,13,15)(H,16,17). The van der Waals surface area contributed by atoms with E-state index in [1.54, 1.807) is 38.4 Å². The summed E-state index contributed by atoms with van der Waals surface area (Å²) in [5.41, 5.74) is 1.50. The second kappa shape index (κ2) is 5.74. The molecule has 0 saturated heterocycles. The Kier molecular flexibility index (Phi) is 4.33. The molecule has 3 amide bonds. The summed E-state index contributed by atoms with van der Waals surface area (Å²) in [6.07, 6.45) is -1.06. The summed E-state index contributed by atoms with van der Waals surface area (Å²) in [5.74, 6) is 0. The summed E-state index contributed by atoms with van der Waals surface area (Å²) in [6, 6.07) is 6.74. The SMILES string of the molecule is CN(C)C(=O)Nc1ccc(CNC(=O)O)cc1. The Morgan fingerprint density at radius 1 is 1.24 bits per heavy atom. The van der Waals surface area contributed by atoms with Crippen LogP contribution in [-0.2, 0) is 6.54 Å². The molecule has 6 nitrogen and oxygen atoms in total. The topological polar surface area (TPSA) is 81.7 Å². The van der Waals surface area contributed by atoms with Crippen molar-refractivity contribution in [1.82, 2.24) is 10.2 Å². The highest BCUT2D eigenvalue weighted by molar-refractivity contribution is 5.88. The predicted molar refractivity (Wildman–Crippen MR) is 64.0 cm³/mol. The first-order valence-corrected chi connectivity index (χ1v) is 5.03. The molecule has 1 aromatic rings. The minimum atomic E-state index is -1.06. The molecule has 1 aromatic carbocycles. The normalized spacial score (nSPS) is 9.53. The zero-order valence-corrected chi connectivity index (χ0v) is 9.73. The van der Waals surface area contributed by atoms with Gasteiger partial charge in [-0.25, -0.2) is 9.59 Å². The number of amides is 3. The molecular formula is C11H15N3O3. The second-order valence-corrected chi connectivity index (χ2v) is 3.68. The number of rotatable bonds is 3. The first-order valence-electron chi connectivity index (χ1n) is 5.03. The van der Waals surface area contributed by atoms with E-state index in [2.05, 4.69) is 10.6 Å². The number of carboxylic acid groups (broad SMARTS) is 1. The fourth-order valence-corrected chi connectivity index (χ4v) is 1.12. The number of carbonyl (C=O) groups excluding carboxylic acids is 1. The Morgan fingerprint density at radius 2 is 1.82 bits per heavy atom. The van der Waals surface area contributed by atoms with E-state index in [0.29, 0.717) is 5.69 Å². The van der Waals surface area contributed by atoms with Crippen LogP contribution in [0, 0.1) is 0 Å². The van der Waals surface area contributed by atoms with E-state index in [1.807, 2.05) is 0 Å². The van der Waals surface area contributed by atoms with Gasteiger partial charge in [0.15, 0.2) is 0 Å². The van der Waals surface area contributed by atoms with E-state index in [4.69, 9.17) is 5.11 Å². The van der Waals surface area contributed by atoms with Gasteiger partial charge in [-0.15, -0.1) is 0 Å². The summed E-state index contributed by atoms with van der Waals surface area (Å²) in [5, 5.41) is 13.4. The van der Waals surface area contributed by atoms with Crippen LogP contribution in [0.5, 0.6) is 0 Å². The van der Waals surface area contributed by atoms with Gasteiger partial charge in [0.1, 0.15) is 0 Å². The van der Waals surface area contributed by atoms with E-state index in [0.717, 1.165) is 5.56 Å². The van der Waals surface area contributed by atoms with E-state index in [9.17, 15) is 9.59 Å². The van der Waals surface area contributed by atoms with Gasteiger partial charge in [0, 0.05) is 26.3 Å². The Hall–Kier alpha value is -2.24. The first kappa shape index (κ1) is 12.8. The number of urea groups is 1. The van der Waals surface area contributed by atoms with Crippen LogP contribution >= 0.6 is 0 Å². The monoisotopic (exact) mass is 237 g/mol. The number of carbonyl (C=O) groups is 2. The molecule has 0 bridgehead atoms. The van der Waals surface area contributed by atoms with E-state index < -0.39 is 6.09 Å². The van der Waals surface area contributed by atoms with Crippen LogP contribution in [0.25, 0.3) is 0 Å². The third-order valence-electron chi connectivity index (χ3n) is 2.06. The fraction of sp³-hybridized carbons (Fsp3) is 0.273. The van der Waals surface area contributed by atoms with Crippen LogP contribution in [-0.4, -0.2) is 36.2 Å². The average Bonchev–Trinajstić information content (AvgIpc) is 2.28. The van der Waals surface area contributed by atoms with Gasteiger partial charge in [-0.3, -0.25) is 0 Å². The molecule has 0 aliphatic heterocycles. The highest BCUT2D eigenvalue weighted by atomic mass is 16.4. The minimum absolute atomic E-state index is 0.207. The van der Waals surface area contributed by atoms with Crippen LogP contribution in [0.15, 0.2) is 24.3 Å². The Morgan fingerprint density at radius 3 is 2.29 bits per heavy atom. The molecule has 3 N–H and O–H groups in total. The highest BCUT2D eigenvalue weighted by Crippen LogP contribution is 2.09. The molecule has 17 heavy (non-hydrogen) atoms. The predicted octanol–water partition coefficient (Wildman–Crippen LogP) is 1.55. The van der Waals surface area contributed by atoms with Gasteiger partial charge in [-0.05, 0) is 17.7 Å². The Labute approximate surface area is 99.2 Å². The molecule has 6 heteroatoms. The lowest BCUT2D eigenvalue weighted by Crippen LogP contribution is -2.27. The van der Waals surface area contributed by atoms with Crippen molar-refractivity contribution < 1.29 is 14.7 Å². The fourth-order valence-electron chi connectivity index (χ4n) is 1.12. The molecular weight excluding hydrogens is 222 g/mol. The molecule has 0 heterocycles. The van der Waals surface area contributed by atoms with Crippen molar-refractivity contribution in [3.8, 4) is 0 Å². The summed E-state index contributed by atoms with van der Waals surface area (Å²) >= 11 is 0. The first-order chi connectivity index (χ1) is 7.99. The number of nitrogens with zero attached hydrogens (tertiary/aromatic N) is 1. The maximum Gasteiger partial charge on any atom is 0.404 e. The summed E-state index contributed by atoms with van der Waals surface area (Å²) in [7, 11) is 3.31. The van der Waals surface area contributed by atoms with Crippen LogP contribution in [0.2, 0.25) is 0 Å². The minimum Gasteiger partial charge on any atom is -0.465 e. The maximum absolute atomic E-state index is 11.3. The van der Waals surface area contributed by atoms with E-state index >= 15 is 0 Å². The summed E-state index contributed by atoms with van der Waals surface area (Å²) in [6.45, 7) is 0.247. The van der Waals surface area contributed by atoms with Gasteiger partial charge >= 0.3 is 12.1 Å². The van der Waals surface area contributed by atoms with Crippen molar-refractivity contribution in [3.63, 3.8) is 0 Å². The zero-order chi connectivity index (χ0) is 12.8. The number of anilines is 1. The zero-order valence-electron chi connectivity index (χ0n) is 9.73. The van der Waals surface area contributed by atoms with Gasteiger partial charge in [0.25, 0.3) is 0 Å². The van der Waals surface area contributed by atoms with Crippen molar-refractivity contribution in [1.29, 1.82) is 0 Å². The van der Waals surface area contributed by atoms with Crippen molar-refractivity contribution in [2.24, 2.45) is 0 Å². The van der Waals surface area contributed by atoms with Crippen LogP contribution in [0.4, 0.5) is 15.3 Å². The molecule has 92 valence electrons. The quantitative estimate of drug-likeness (QED) is 0.746. The lowest BCUT2D eigenvalue weighted by atomic mass is 10.2. The van der Waals surface area contributed by atoms with Crippen LogP contribution < -0.4 is 10.6 Å². The lowest BCUT2D eigenvalue weighted by Gasteiger charge is -2.12. The van der Waals surface area contributed by atoms with E-state index in [-0.39, 0.29) is 12.6 Å². The number of benzene rings is 1.